The first kappa shape index (κ1) is 17.4. The van der Waals surface area contributed by atoms with Crippen LogP contribution in [0.15, 0.2) is 66.7 Å². The highest BCUT2D eigenvalue weighted by molar-refractivity contribution is 5.93. The van der Waals surface area contributed by atoms with Crippen molar-refractivity contribution >= 4 is 11.9 Å². The molecule has 1 heterocycles. The normalized spacial score (nSPS) is 10.2. The van der Waals surface area contributed by atoms with Crippen molar-refractivity contribution in [3.05, 3.63) is 89.2 Å². The number of pyridine rings is 1. The minimum Gasteiger partial charge on any atom is -0.422 e. The van der Waals surface area contributed by atoms with Crippen molar-refractivity contribution < 1.29 is 19.1 Å². The van der Waals surface area contributed by atoms with Gasteiger partial charge in [0, 0.05) is 0 Å². The van der Waals surface area contributed by atoms with Crippen LogP contribution in [0.2, 0.25) is 0 Å². The highest BCUT2D eigenvalue weighted by Gasteiger charge is 2.16. The van der Waals surface area contributed by atoms with Crippen LogP contribution in [0.1, 0.15) is 32.1 Å². The minimum absolute atomic E-state index is 0.0347. The quantitative estimate of drug-likeness (QED) is 0.524. The molecule has 0 aliphatic carbocycles. The smallest absolute Gasteiger partial charge is 0.362 e. The van der Waals surface area contributed by atoms with Crippen LogP contribution in [0.4, 0.5) is 0 Å². The summed E-state index contributed by atoms with van der Waals surface area (Å²) >= 11 is 0. The maximum atomic E-state index is 12.3. The molecule has 0 N–H and O–H groups in total. The number of para-hydroxylation sites is 2. The monoisotopic (exact) mass is 347 g/mol. The van der Waals surface area contributed by atoms with Crippen molar-refractivity contribution in [2.24, 2.45) is 0 Å². The average Bonchev–Trinajstić information content (AvgIpc) is 2.65. The molecule has 0 atom stereocenters. The summed E-state index contributed by atoms with van der Waals surface area (Å²) in [5.41, 5.74) is 1.73. The third-order valence-electron chi connectivity index (χ3n) is 3.76. The zero-order valence-electron chi connectivity index (χ0n) is 14.4. The van der Waals surface area contributed by atoms with Crippen molar-refractivity contribution in [2.45, 2.75) is 13.8 Å². The zero-order valence-corrected chi connectivity index (χ0v) is 14.4. The second-order valence-corrected chi connectivity index (χ2v) is 5.72. The van der Waals surface area contributed by atoms with Crippen molar-refractivity contribution in [1.29, 1.82) is 0 Å². The molecule has 0 saturated heterocycles. The second-order valence-electron chi connectivity index (χ2n) is 5.72. The molecule has 0 amide bonds. The van der Waals surface area contributed by atoms with Crippen LogP contribution < -0.4 is 9.47 Å². The van der Waals surface area contributed by atoms with E-state index in [1.165, 1.54) is 12.1 Å². The molecule has 5 nitrogen and oxygen atoms in total. The Morgan fingerprint density at radius 2 is 1.08 bits per heavy atom. The van der Waals surface area contributed by atoms with E-state index in [-0.39, 0.29) is 11.4 Å². The number of ether oxygens (including phenoxy) is 2. The average molecular weight is 347 g/mol. The predicted molar refractivity (Wildman–Crippen MR) is 96.5 cm³/mol. The largest absolute Gasteiger partial charge is 0.422 e. The van der Waals surface area contributed by atoms with Gasteiger partial charge in [-0.15, -0.1) is 0 Å². The summed E-state index contributed by atoms with van der Waals surface area (Å²) in [6.45, 7) is 3.68. The number of aryl methyl sites for hydroxylation is 2. The molecule has 0 spiro atoms. The zero-order chi connectivity index (χ0) is 18.5. The summed E-state index contributed by atoms with van der Waals surface area (Å²) in [7, 11) is 0. The van der Waals surface area contributed by atoms with Crippen molar-refractivity contribution in [1.82, 2.24) is 4.98 Å². The van der Waals surface area contributed by atoms with Gasteiger partial charge in [0.05, 0.1) is 0 Å². The Morgan fingerprint density at radius 1 is 0.654 bits per heavy atom. The van der Waals surface area contributed by atoms with Gasteiger partial charge in [-0.1, -0.05) is 42.5 Å². The molecule has 3 rings (SSSR count). The van der Waals surface area contributed by atoms with Gasteiger partial charge in [-0.2, -0.15) is 0 Å². The summed E-state index contributed by atoms with van der Waals surface area (Å²) in [6, 6.07) is 18.9. The standard InChI is InChI=1S/C21H17NO4/c1-14-8-3-5-12-18(14)25-20(23)16-10-7-11-17(22-16)21(24)26-19-13-6-4-9-15(19)2/h3-13H,1-2H3. The number of carbonyl (C=O) groups excluding carboxylic acids is 2. The molecule has 0 unspecified atom stereocenters. The lowest BCUT2D eigenvalue weighted by molar-refractivity contribution is 0.0721. The van der Waals surface area contributed by atoms with Gasteiger partial charge in [0.15, 0.2) is 0 Å². The molecule has 130 valence electrons. The minimum atomic E-state index is -0.634. The predicted octanol–water partition coefficient (Wildman–Crippen LogP) is 4.14. The fourth-order valence-electron chi connectivity index (χ4n) is 2.31. The first-order valence-electron chi connectivity index (χ1n) is 8.07. The van der Waals surface area contributed by atoms with E-state index in [0.29, 0.717) is 11.5 Å². The second kappa shape index (κ2) is 7.61. The maximum absolute atomic E-state index is 12.3. The van der Waals surface area contributed by atoms with E-state index in [0.717, 1.165) is 11.1 Å². The van der Waals surface area contributed by atoms with Gasteiger partial charge >= 0.3 is 11.9 Å². The molecular weight excluding hydrogens is 330 g/mol. The number of hydrogen-bond donors (Lipinski definition) is 0. The SMILES string of the molecule is Cc1ccccc1OC(=O)c1cccc(C(=O)Oc2ccccc2C)n1. The van der Waals surface area contributed by atoms with Crippen LogP contribution in [-0.2, 0) is 0 Å². The molecule has 3 aromatic rings. The van der Waals surface area contributed by atoms with E-state index in [1.807, 2.05) is 38.1 Å². The molecule has 0 bridgehead atoms. The van der Waals surface area contributed by atoms with Gasteiger partial charge in [0.25, 0.3) is 0 Å². The Kier molecular flexibility index (Phi) is 5.08. The molecule has 5 heteroatoms. The Balaban J connectivity index is 1.77. The fourth-order valence-corrected chi connectivity index (χ4v) is 2.31. The van der Waals surface area contributed by atoms with Crippen LogP contribution in [0.3, 0.4) is 0 Å². The van der Waals surface area contributed by atoms with E-state index < -0.39 is 11.9 Å². The molecule has 1 aromatic heterocycles. The lowest BCUT2D eigenvalue weighted by atomic mass is 10.2. The molecule has 0 aliphatic heterocycles. The number of benzene rings is 2. The van der Waals surface area contributed by atoms with E-state index in [9.17, 15) is 9.59 Å². The Morgan fingerprint density at radius 3 is 1.50 bits per heavy atom. The summed E-state index contributed by atoms with van der Waals surface area (Å²) in [4.78, 5) is 28.7. The van der Waals surface area contributed by atoms with Gasteiger partial charge in [-0.05, 0) is 49.2 Å². The molecule has 0 fully saturated rings. The maximum Gasteiger partial charge on any atom is 0.362 e. The van der Waals surface area contributed by atoms with E-state index in [4.69, 9.17) is 9.47 Å². The molecular formula is C21H17NO4. The van der Waals surface area contributed by atoms with Gasteiger partial charge in [0.2, 0.25) is 0 Å². The number of nitrogens with zero attached hydrogens (tertiary/aromatic N) is 1. The number of esters is 2. The van der Waals surface area contributed by atoms with Crippen molar-refractivity contribution in [3.63, 3.8) is 0 Å². The summed E-state index contributed by atoms with van der Waals surface area (Å²) in [6.07, 6.45) is 0. The topological polar surface area (TPSA) is 65.5 Å². The van der Waals surface area contributed by atoms with Crippen LogP contribution in [0, 0.1) is 13.8 Å². The van der Waals surface area contributed by atoms with E-state index in [1.54, 1.807) is 30.3 Å². The summed E-state index contributed by atoms with van der Waals surface area (Å²) in [5, 5.41) is 0. The summed E-state index contributed by atoms with van der Waals surface area (Å²) in [5.74, 6) is -0.367. The van der Waals surface area contributed by atoms with E-state index >= 15 is 0 Å². The number of aromatic nitrogens is 1. The highest BCUT2D eigenvalue weighted by Crippen LogP contribution is 2.19. The first-order chi connectivity index (χ1) is 12.5. The van der Waals surface area contributed by atoms with Crippen LogP contribution in [0.25, 0.3) is 0 Å². The molecule has 0 saturated carbocycles. The Bertz CT molecular complexity index is 891. The van der Waals surface area contributed by atoms with Gasteiger partial charge in [-0.3, -0.25) is 0 Å². The third-order valence-corrected chi connectivity index (χ3v) is 3.76. The fraction of sp³-hybridized carbons (Fsp3) is 0.0952. The van der Waals surface area contributed by atoms with E-state index in [2.05, 4.69) is 4.98 Å². The molecule has 0 aliphatic rings. The lowest BCUT2D eigenvalue weighted by Crippen LogP contribution is -2.16. The third kappa shape index (κ3) is 3.95. The van der Waals surface area contributed by atoms with Crippen LogP contribution >= 0.6 is 0 Å². The van der Waals surface area contributed by atoms with Crippen molar-refractivity contribution in [3.8, 4) is 11.5 Å². The van der Waals surface area contributed by atoms with Crippen molar-refractivity contribution in [2.75, 3.05) is 0 Å². The van der Waals surface area contributed by atoms with Crippen LogP contribution in [0.5, 0.6) is 11.5 Å². The highest BCUT2D eigenvalue weighted by atomic mass is 16.5. The Hall–Kier alpha value is -3.47. The first-order valence-corrected chi connectivity index (χ1v) is 8.07. The number of rotatable bonds is 4. The van der Waals surface area contributed by atoms with Gasteiger partial charge < -0.3 is 9.47 Å². The number of carbonyl (C=O) groups is 2. The molecule has 2 aromatic carbocycles. The Labute approximate surface area is 151 Å². The summed E-state index contributed by atoms with van der Waals surface area (Å²) < 4.78 is 10.7. The van der Waals surface area contributed by atoms with Gasteiger partial charge in [0.1, 0.15) is 22.9 Å². The molecule has 0 radical (unpaired) electrons. The lowest BCUT2D eigenvalue weighted by Gasteiger charge is -2.08. The van der Waals surface area contributed by atoms with Crippen LogP contribution in [-0.4, -0.2) is 16.9 Å². The number of hydrogen-bond acceptors (Lipinski definition) is 5. The van der Waals surface area contributed by atoms with Gasteiger partial charge in [-0.25, -0.2) is 14.6 Å². The molecule has 26 heavy (non-hydrogen) atoms.